The van der Waals surface area contributed by atoms with Crippen LogP contribution < -0.4 is 0 Å². The van der Waals surface area contributed by atoms with Gasteiger partial charge in [-0.05, 0) is 37.7 Å². The number of carbonyl (C=O) groups is 1. The molecule has 0 aliphatic carbocycles. The molecule has 1 saturated heterocycles. The summed E-state index contributed by atoms with van der Waals surface area (Å²) in [6.45, 7) is 4.63. The van der Waals surface area contributed by atoms with Crippen LogP contribution in [0.1, 0.15) is 37.7 Å². The molecule has 1 aromatic heterocycles. The first-order valence-electron chi connectivity index (χ1n) is 10.1. The van der Waals surface area contributed by atoms with Gasteiger partial charge in [0.15, 0.2) is 0 Å². The minimum atomic E-state index is -0.317. The molecule has 1 unspecified atom stereocenters. The molecule has 1 fully saturated rings. The number of imidazole rings is 1. The summed E-state index contributed by atoms with van der Waals surface area (Å²) in [6.07, 6.45) is 10.6. The van der Waals surface area contributed by atoms with Crippen molar-refractivity contribution in [1.29, 1.82) is 0 Å². The molecule has 1 amide bonds. The fourth-order valence-electron chi connectivity index (χ4n) is 3.93. The van der Waals surface area contributed by atoms with Crippen molar-refractivity contribution in [2.24, 2.45) is 0 Å². The van der Waals surface area contributed by atoms with E-state index in [1.165, 1.54) is 12.0 Å². The van der Waals surface area contributed by atoms with Gasteiger partial charge in [-0.1, -0.05) is 30.3 Å². The van der Waals surface area contributed by atoms with Gasteiger partial charge < -0.3 is 13.7 Å². The van der Waals surface area contributed by atoms with Crippen LogP contribution in [0.3, 0.4) is 0 Å². The lowest BCUT2D eigenvalue weighted by molar-refractivity contribution is 0.108. The van der Waals surface area contributed by atoms with Gasteiger partial charge in [-0.15, -0.1) is 0 Å². The van der Waals surface area contributed by atoms with E-state index in [1.54, 1.807) is 0 Å². The number of likely N-dealkylation sites (tertiary alicyclic amines) is 1. The topological polar surface area (TPSA) is 50.6 Å². The standard InChI is InChI=1S/C21H30N4O2S/c26-21(27-28)25-14-5-4-9-20(25)10-15-23(17-19-7-2-1-3-8-19)12-6-13-24-16-11-22-18-24/h1-3,7-8,11,16,18,20,28H,4-6,9-10,12-15,17H2. The number of hydrogen-bond acceptors (Lipinski definition) is 5. The number of aryl methyl sites for hydroxylation is 1. The van der Waals surface area contributed by atoms with Crippen molar-refractivity contribution in [3.63, 3.8) is 0 Å². The number of benzene rings is 1. The largest absolute Gasteiger partial charge is 0.421 e. The second kappa shape index (κ2) is 11.1. The van der Waals surface area contributed by atoms with Crippen molar-refractivity contribution in [2.75, 3.05) is 19.6 Å². The van der Waals surface area contributed by atoms with Crippen LogP contribution in [-0.2, 0) is 17.3 Å². The Hall–Kier alpha value is -1.99. The maximum Gasteiger partial charge on any atom is 0.421 e. The molecule has 152 valence electrons. The van der Waals surface area contributed by atoms with Gasteiger partial charge in [0.1, 0.15) is 0 Å². The smallest absolute Gasteiger partial charge is 0.378 e. The van der Waals surface area contributed by atoms with E-state index < -0.39 is 0 Å². The summed E-state index contributed by atoms with van der Waals surface area (Å²) in [5, 5.41) is 0. The molecule has 1 aliphatic rings. The Bertz CT molecular complexity index is 696. The van der Waals surface area contributed by atoms with E-state index in [0.29, 0.717) is 0 Å². The first-order valence-corrected chi connectivity index (χ1v) is 10.5. The number of rotatable bonds is 9. The second-order valence-corrected chi connectivity index (χ2v) is 7.59. The third kappa shape index (κ3) is 6.27. The van der Waals surface area contributed by atoms with Gasteiger partial charge in [0.2, 0.25) is 0 Å². The quantitative estimate of drug-likeness (QED) is 0.509. The molecule has 1 aliphatic heterocycles. The Labute approximate surface area is 173 Å². The zero-order valence-electron chi connectivity index (χ0n) is 16.3. The highest BCUT2D eigenvalue weighted by Crippen LogP contribution is 2.21. The Balaban J connectivity index is 1.56. The van der Waals surface area contributed by atoms with E-state index >= 15 is 0 Å². The molecule has 3 rings (SSSR count). The predicted octanol–water partition coefficient (Wildman–Crippen LogP) is 4.00. The molecule has 0 spiro atoms. The number of aromatic nitrogens is 2. The molecular formula is C21H30N4O2S. The van der Waals surface area contributed by atoms with Crippen LogP contribution in [0.5, 0.6) is 0 Å². The van der Waals surface area contributed by atoms with E-state index in [1.807, 2.05) is 23.6 Å². The highest BCUT2D eigenvalue weighted by atomic mass is 32.1. The average molecular weight is 403 g/mol. The summed E-state index contributed by atoms with van der Waals surface area (Å²) in [7, 11) is 0. The molecular weight excluding hydrogens is 372 g/mol. The Morgan fingerprint density at radius 2 is 2.11 bits per heavy atom. The molecule has 0 N–H and O–H groups in total. The molecule has 1 atom stereocenters. The fourth-order valence-corrected chi connectivity index (χ4v) is 4.04. The molecule has 6 nitrogen and oxygen atoms in total. The van der Waals surface area contributed by atoms with Crippen molar-refractivity contribution in [1.82, 2.24) is 19.4 Å². The van der Waals surface area contributed by atoms with Crippen molar-refractivity contribution in [3.8, 4) is 0 Å². The second-order valence-electron chi connectivity index (χ2n) is 7.40. The predicted molar refractivity (Wildman–Crippen MR) is 113 cm³/mol. The van der Waals surface area contributed by atoms with Crippen LogP contribution in [0.25, 0.3) is 0 Å². The van der Waals surface area contributed by atoms with E-state index in [-0.39, 0.29) is 12.1 Å². The highest BCUT2D eigenvalue weighted by molar-refractivity contribution is 7.75. The maximum absolute atomic E-state index is 12.0. The Morgan fingerprint density at radius 1 is 1.25 bits per heavy atom. The van der Waals surface area contributed by atoms with Crippen molar-refractivity contribution in [2.45, 2.75) is 51.2 Å². The summed E-state index contributed by atoms with van der Waals surface area (Å²) in [4.78, 5) is 20.5. The number of piperidine rings is 1. The van der Waals surface area contributed by atoms with Crippen LogP contribution in [0.15, 0.2) is 49.1 Å². The van der Waals surface area contributed by atoms with Crippen LogP contribution in [-0.4, -0.2) is 51.1 Å². The summed E-state index contributed by atoms with van der Waals surface area (Å²) in [5.74, 6) is 0. The summed E-state index contributed by atoms with van der Waals surface area (Å²) < 4.78 is 6.81. The first-order chi connectivity index (χ1) is 13.8. The maximum atomic E-state index is 12.0. The number of thiol groups is 1. The lowest BCUT2D eigenvalue weighted by Crippen LogP contribution is -2.44. The third-order valence-electron chi connectivity index (χ3n) is 5.42. The fraction of sp³-hybridized carbons (Fsp3) is 0.524. The van der Waals surface area contributed by atoms with Gasteiger partial charge in [0.05, 0.1) is 6.33 Å². The number of amides is 1. The summed E-state index contributed by atoms with van der Waals surface area (Å²) >= 11 is 3.71. The van der Waals surface area contributed by atoms with Crippen LogP contribution in [0, 0.1) is 0 Å². The van der Waals surface area contributed by atoms with Gasteiger partial charge in [-0.2, -0.15) is 0 Å². The molecule has 2 aromatic rings. The van der Waals surface area contributed by atoms with Crippen molar-refractivity contribution >= 4 is 19.0 Å². The Morgan fingerprint density at radius 3 is 2.86 bits per heavy atom. The number of hydrogen-bond donors (Lipinski definition) is 1. The SMILES string of the molecule is O=C(OS)N1CCCCC1CCN(CCCn1ccnc1)Cc1ccccc1. The van der Waals surface area contributed by atoms with Crippen LogP contribution in [0.2, 0.25) is 0 Å². The summed E-state index contributed by atoms with van der Waals surface area (Å²) in [5.41, 5.74) is 1.32. The van der Waals surface area contributed by atoms with Gasteiger partial charge in [0.25, 0.3) is 0 Å². The Kier molecular flexibility index (Phi) is 8.23. The minimum Gasteiger partial charge on any atom is -0.378 e. The normalized spacial score (nSPS) is 17.1. The third-order valence-corrected chi connectivity index (χ3v) is 5.57. The molecule has 0 bridgehead atoms. The van der Waals surface area contributed by atoms with E-state index in [4.69, 9.17) is 0 Å². The van der Waals surface area contributed by atoms with Crippen LogP contribution in [0.4, 0.5) is 4.79 Å². The zero-order chi connectivity index (χ0) is 19.6. The molecule has 0 saturated carbocycles. The number of carbonyl (C=O) groups excluding carboxylic acids is 1. The van der Waals surface area contributed by atoms with Gasteiger partial charge in [-0.3, -0.25) is 4.90 Å². The molecule has 7 heteroatoms. The molecule has 1 aromatic carbocycles. The lowest BCUT2D eigenvalue weighted by Gasteiger charge is -2.35. The van der Waals surface area contributed by atoms with Gasteiger partial charge >= 0.3 is 6.09 Å². The zero-order valence-corrected chi connectivity index (χ0v) is 17.2. The van der Waals surface area contributed by atoms with Crippen LogP contribution >= 0.6 is 12.9 Å². The molecule has 2 heterocycles. The lowest BCUT2D eigenvalue weighted by atomic mass is 9.99. The molecule has 0 radical (unpaired) electrons. The van der Waals surface area contributed by atoms with E-state index in [9.17, 15) is 4.79 Å². The highest BCUT2D eigenvalue weighted by Gasteiger charge is 2.27. The van der Waals surface area contributed by atoms with E-state index in [0.717, 1.165) is 58.4 Å². The van der Waals surface area contributed by atoms with Crippen molar-refractivity contribution < 1.29 is 8.98 Å². The first kappa shape index (κ1) is 20.7. The van der Waals surface area contributed by atoms with E-state index in [2.05, 4.69) is 61.9 Å². The van der Waals surface area contributed by atoms with Gasteiger partial charge in [-0.25, -0.2) is 9.78 Å². The average Bonchev–Trinajstić information content (AvgIpc) is 3.26. The van der Waals surface area contributed by atoms with Gasteiger partial charge in [0, 0.05) is 64.1 Å². The van der Waals surface area contributed by atoms with Crippen molar-refractivity contribution in [3.05, 3.63) is 54.6 Å². The minimum absolute atomic E-state index is 0.236. The number of nitrogens with zero attached hydrogens (tertiary/aromatic N) is 4. The molecule has 28 heavy (non-hydrogen) atoms. The summed E-state index contributed by atoms with van der Waals surface area (Å²) in [6, 6.07) is 10.8. The monoisotopic (exact) mass is 402 g/mol.